The van der Waals surface area contributed by atoms with Crippen LogP contribution < -0.4 is 0 Å². The molecule has 0 spiro atoms. The van der Waals surface area contributed by atoms with Crippen LogP contribution in [0.15, 0.2) is 91.0 Å². The van der Waals surface area contributed by atoms with Crippen LogP contribution in [0.5, 0.6) is 0 Å². The molecule has 0 bridgehead atoms. The third kappa shape index (κ3) is 4.84. The van der Waals surface area contributed by atoms with E-state index in [4.69, 9.17) is 4.74 Å². The van der Waals surface area contributed by atoms with E-state index in [0.29, 0.717) is 18.4 Å². The Hall–Kier alpha value is -3.44. The number of carbonyl (C=O) groups is 2. The van der Waals surface area contributed by atoms with Gasteiger partial charge in [-0.25, -0.2) is 9.69 Å². The van der Waals surface area contributed by atoms with Gasteiger partial charge in [-0.1, -0.05) is 91.0 Å². The van der Waals surface area contributed by atoms with Crippen molar-refractivity contribution in [2.75, 3.05) is 6.61 Å². The van der Waals surface area contributed by atoms with E-state index in [1.807, 2.05) is 78.9 Å². The van der Waals surface area contributed by atoms with Crippen molar-refractivity contribution in [1.82, 2.24) is 4.90 Å². The number of cyclic esters (lactones) is 1. The van der Waals surface area contributed by atoms with E-state index in [9.17, 15) is 14.7 Å². The molecule has 1 saturated heterocycles. The third-order valence-electron chi connectivity index (χ3n) is 5.65. The van der Waals surface area contributed by atoms with Crippen LogP contribution in [0.3, 0.4) is 0 Å². The first-order valence-corrected chi connectivity index (χ1v) is 10.4. The number of benzene rings is 3. The number of ether oxygens (including phenoxy) is 1. The summed E-state index contributed by atoms with van der Waals surface area (Å²) in [6, 6.07) is 27.9. The Morgan fingerprint density at radius 1 is 0.903 bits per heavy atom. The minimum absolute atomic E-state index is 0.152. The van der Waals surface area contributed by atoms with Gasteiger partial charge < -0.3 is 9.84 Å². The molecule has 2 amide bonds. The molecule has 1 aliphatic rings. The van der Waals surface area contributed by atoms with E-state index in [-0.39, 0.29) is 6.61 Å². The van der Waals surface area contributed by atoms with Gasteiger partial charge in [0.15, 0.2) is 0 Å². The molecule has 3 aromatic carbocycles. The van der Waals surface area contributed by atoms with Crippen LogP contribution >= 0.6 is 0 Å². The second-order valence-electron chi connectivity index (χ2n) is 7.78. The number of rotatable bonds is 7. The molecule has 3 atom stereocenters. The predicted molar refractivity (Wildman–Crippen MR) is 117 cm³/mol. The number of aliphatic hydroxyl groups is 1. The molecule has 0 unspecified atom stereocenters. The lowest BCUT2D eigenvalue weighted by molar-refractivity contribution is -0.137. The number of aliphatic hydroxyl groups excluding tert-OH is 1. The van der Waals surface area contributed by atoms with Crippen molar-refractivity contribution < 1.29 is 19.4 Å². The summed E-state index contributed by atoms with van der Waals surface area (Å²) >= 11 is 0. The maximum absolute atomic E-state index is 13.6. The van der Waals surface area contributed by atoms with Gasteiger partial charge in [-0.3, -0.25) is 4.79 Å². The fourth-order valence-corrected chi connectivity index (χ4v) is 4.03. The van der Waals surface area contributed by atoms with E-state index in [1.165, 1.54) is 4.90 Å². The van der Waals surface area contributed by atoms with Gasteiger partial charge in [0.1, 0.15) is 6.61 Å². The molecular weight excluding hydrogens is 390 g/mol. The lowest BCUT2D eigenvalue weighted by Crippen LogP contribution is -2.45. The van der Waals surface area contributed by atoms with Crippen LogP contribution in [-0.4, -0.2) is 34.7 Å². The van der Waals surface area contributed by atoms with E-state index >= 15 is 0 Å². The molecule has 3 aromatic rings. The fraction of sp³-hybridized carbons (Fsp3) is 0.231. The summed E-state index contributed by atoms with van der Waals surface area (Å²) in [5.41, 5.74) is 2.58. The highest BCUT2D eigenvalue weighted by Gasteiger charge is 2.43. The van der Waals surface area contributed by atoms with Crippen molar-refractivity contribution >= 4 is 12.0 Å². The molecule has 5 heteroatoms. The quantitative estimate of drug-likeness (QED) is 0.629. The van der Waals surface area contributed by atoms with Gasteiger partial charge in [-0.2, -0.15) is 0 Å². The van der Waals surface area contributed by atoms with Crippen molar-refractivity contribution in [2.24, 2.45) is 5.92 Å². The van der Waals surface area contributed by atoms with Gasteiger partial charge in [0.25, 0.3) is 0 Å². The standard InChI is InChI=1S/C26H25NO4/c28-24(21-14-8-3-9-15-21)23(17-20-12-6-2-7-13-20)25(29)27-22(18-31-26(27)30)16-19-10-4-1-5-11-19/h1-15,22-24,28H,16-18H2/t22-,23+,24+/m0/s1. The van der Waals surface area contributed by atoms with Crippen LogP contribution in [0.4, 0.5) is 4.79 Å². The van der Waals surface area contributed by atoms with Crippen molar-refractivity contribution in [1.29, 1.82) is 0 Å². The van der Waals surface area contributed by atoms with E-state index < -0.39 is 30.1 Å². The molecule has 0 aliphatic carbocycles. The average molecular weight is 415 g/mol. The highest BCUT2D eigenvalue weighted by molar-refractivity contribution is 5.95. The van der Waals surface area contributed by atoms with Crippen molar-refractivity contribution in [3.63, 3.8) is 0 Å². The molecular formula is C26H25NO4. The van der Waals surface area contributed by atoms with Gasteiger partial charge in [-0.15, -0.1) is 0 Å². The minimum Gasteiger partial charge on any atom is -0.447 e. The van der Waals surface area contributed by atoms with Gasteiger partial charge in [-0.05, 0) is 29.5 Å². The Kier molecular flexibility index (Phi) is 6.43. The molecule has 5 nitrogen and oxygen atoms in total. The zero-order valence-corrected chi connectivity index (χ0v) is 17.1. The lowest BCUT2D eigenvalue weighted by Gasteiger charge is -2.28. The van der Waals surface area contributed by atoms with Crippen molar-refractivity contribution in [3.05, 3.63) is 108 Å². The smallest absolute Gasteiger partial charge is 0.416 e. The summed E-state index contributed by atoms with van der Waals surface area (Å²) in [4.78, 5) is 27.4. The Balaban J connectivity index is 1.62. The first kappa shape index (κ1) is 20.8. The maximum Gasteiger partial charge on any atom is 0.416 e. The molecule has 1 heterocycles. The number of carbonyl (C=O) groups excluding carboxylic acids is 2. The topological polar surface area (TPSA) is 66.8 Å². The van der Waals surface area contributed by atoms with Gasteiger partial charge in [0, 0.05) is 0 Å². The summed E-state index contributed by atoms with van der Waals surface area (Å²) in [7, 11) is 0. The molecule has 0 aromatic heterocycles. The molecule has 0 saturated carbocycles. The number of nitrogens with zero attached hydrogens (tertiary/aromatic N) is 1. The molecule has 4 rings (SSSR count). The van der Waals surface area contributed by atoms with Gasteiger partial charge in [0.2, 0.25) is 5.91 Å². The fourth-order valence-electron chi connectivity index (χ4n) is 4.03. The summed E-state index contributed by atoms with van der Waals surface area (Å²) in [5, 5.41) is 11.1. The molecule has 1 N–H and O–H groups in total. The summed E-state index contributed by atoms with van der Waals surface area (Å²) in [5.74, 6) is -1.22. The number of hydrogen-bond acceptors (Lipinski definition) is 4. The Morgan fingerprint density at radius 2 is 1.45 bits per heavy atom. The van der Waals surface area contributed by atoms with E-state index in [2.05, 4.69) is 0 Å². The lowest BCUT2D eigenvalue weighted by atomic mass is 9.88. The van der Waals surface area contributed by atoms with E-state index in [1.54, 1.807) is 12.1 Å². The van der Waals surface area contributed by atoms with Crippen molar-refractivity contribution in [3.8, 4) is 0 Å². The normalized spacial score (nSPS) is 17.8. The van der Waals surface area contributed by atoms with Crippen LogP contribution in [0.2, 0.25) is 0 Å². The highest BCUT2D eigenvalue weighted by atomic mass is 16.6. The molecule has 158 valence electrons. The largest absolute Gasteiger partial charge is 0.447 e. The van der Waals surface area contributed by atoms with E-state index in [0.717, 1.165) is 11.1 Å². The average Bonchev–Trinajstić information content (AvgIpc) is 3.18. The first-order chi connectivity index (χ1) is 15.1. The predicted octanol–water partition coefficient (Wildman–Crippen LogP) is 4.17. The Morgan fingerprint density at radius 3 is 2.06 bits per heavy atom. The maximum atomic E-state index is 13.6. The monoisotopic (exact) mass is 415 g/mol. The van der Waals surface area contributed by atoms with Gasteiger partial charge >= 0.3 is 6.09 Å². The zero-order chi connectivity index (χ0) is 21.6. The minimum atomic E-state index is -1.04. The third-order valence-corrected chi connectivity index (χ3v) is 5.65. The summed E-state index contributed by atoms with van der Waals surface area (Å²) < 4.78 is 5.24. The highest BCUT2D eigenvalue weighted by Crippen LogP contribution is 2.30. The zero-order valence-electron chi connectivity index (χ0n) is 17.1. The molecule has 0 radical (unpaired) electrons. The number of imide groups is 1. The number of amides is 2. The Labute approximate surface area is 181 Å². The van der Waals surface area contributed by atoms with Crippen LogP contribution in [0.1, 0.15) is 22.8 Å². The second kappa shape index (κ2) is 9.58. The number of hydrogen-bond donors (Lipinski definition) is 1. The van der Waals surface area contributed by atoms with Gasteiger partial charge in [0.05, 0.1) is 18.1 Å². The Bertz CT molecular complexity index is 1010. The van der Waals surface area contributed by atoms with Crippen molar-refractivity contribution in [2.45, 2.75) is 25.0 Å². The molecule has 1 fully saturated rings. The van der Waals surface area contributed by atoms with Crippen LogP contribution in [0, 0.1) is 5.92 Å². The first-order valence-electron chi connectivity index (χ1n) is 10.4. The SMILES string of the molecule is O=C1OC[C@H](Cc2ccccc2)N1C(=O)[C@H](Cc1ccccc1)[C@H](O)c1ccccc1. The van der Waals surface area contributed by atoms with Crippen LogP contribution in [0.25, 0.3) is 0 Å². The second-order valence-corrected chi connectivity index (χ2v) is 7.78. The van der Waals surface area contributed by atoms with Crippen LogP contribution in [-0.2, 0) is 22.4 Å². The summed E-state index contributed by atoms with van der Waals surface area (Å²) in [6.07, 6.45) is -0.862. The molecule has 1 aliphatic heterocycles. The summed E-state index contributed by atoms with van der Waals surface area (Å²) in [6.45, 7) is 0.152. The molecule has 31 heavy (non-hydrogen) atoms.